The molecule has 0 spiro atoms. The van der Waals surface area contributed by atoms with Crippen LogP contribution in [0.1, 0.15) is 29.7 Å². The van der Waals surface area contributed by atoms with Gasteiger partial charge in [0.25, 0.3) is 0 Å². The van der Waals surface area contributed by atoms with Crippen LogP contribution in [0.2, 0.25) is 0 Å². The van der Waals surface area contributed by atoms with E-state index in [1.165, 1.54) is 12.1 Å². The second-order valence-electron chi connectivity index (χ2n) is 9.15. The summed E-state index contributed by atoms with van der Waals surface area (Å²) < 4.78 is 41.4. The SMILES string of the molecule is Cc1ccc(CC(=O)C2(c3ccc4c(c3)OC(F)(F)O4)CC2)nc1-c1cccc(OC[C@@H](O)CO)c1. The Bertz CT molecular complexity index is 1310. The number of aliphatic hydroxyl groups excluding tert-OH is 2. The lowest BCUT2D eigenvalue weighted by atomic mass is 9.88. The molecule has 1 aliphatic heterocycles. The highest BCUT2D eigenvalue weighted by Crippen LogP contribution is 2.52. The average Bonchev–Trinajstić information content (AvgIpc) is 3.61. The number of aryl methyl sites for hydroxylation is 1. The molecule has 1 aromatic heterocycles. The van der Waals surface area contributed by atoms with E-state index in [-0.39, 0.29) is 30.3 Å². The fourth-order valence-corrected chi connectivity index (χ4v) is 4.37. The minimum absolute atomic E-state index is 0.0366. The van der Waals surface area contributed by atoms with Crippen LogP contribution < -0.4 is 14.2 Å². The second-order valence-corrected chi connectivity index (χ2v) is 9.15. The van der Waals surface area contributed by atoms with Crippen LogP contribution in [-0.2, 0) is 16.6 Å². The molecule has 2 heterocycles. The number of pyridine rings is 1. The van der Waals surface area contributed by atoms with Gasteiger partial charge in [-0.2, -0.15) is 0 Å². The van der Waals surface area contributed by atoms with Crippen LogP contribution in [-0.4, -0.2) is 46.6 Å². The van der Waals surface area contributed by atoms with Gasteiger partial charge in [0.1, 0.15) is 24.2 Å². The van der Waals surface area contributed by atoms with E-state index < -0.39 is 24.4 Å². The number of ether oxygens (including phenoxy) is 3. The van der Waals surface area contributed by atoms with Crippen molar-refractivity contribution < 1.29 is 38.0 Å². The Morgan fingerprint density at radius 3 is 2.64 bits per heavy atom. The maximum absolute atomic E-state index is 13.4. The van der Waals surface area contributed by atoms with Gasteiger partial charge in [-0.3, -0.25) is 9.78 Å². The quantitative estimate of drug-likeness (QED) is 0.462. The lowest BCUT2D eigenvalue weighted by molar-refractivity contribution is -0.286. The number of aliphatic hydroxyl groups is 2. The molecule has 2 aromatic carbocycles. The predicted octanol–water partition coefficient (Wildman–Crippen LogP) is 3.95. The number of hydrogen-bond acceptors (Lipinski definition) is 7. The van der Waals surface area contributed by atoms with Gasteiger partial charge in [0, 0.05) is 17.7 Å². The Kier molecular flexibility index (Phi) is 6.13. The Morgan fingerprint density at radius 1 is 1.11 bits per heavy atom. The third-order valence-electron chi connectivity index (χ3n) is 6.49. The average molecular weight is 497 g/mol. The van der Waals surface area contributed by atoms with Crippen molar-refractivity contribution in [2.45, 2.75) is 44.0 Å². The van der Waals surface area contributed by atoms with Crippen LogP contribution in [0.3, 0.4) is 0 Å². The lowest BCUT2D eigenvalue weighted by Crippen LogP contribution is -2.26. The van der Waals surface area contributed by atoms with E-state index in [0.29, 0.717) is 35.5 Å². The van der Waals surface area contributed by atoms with Gasteiger partial charge in [0.15, 0.2) is 11.5 Å². The van der Waals surface area contributed by atoms with Crippen molar-refractivity contribution in [2.75, 3.05) is 13.2 Å². The summed E-state index contributed by atoms with van der Waals surface area (Å²) in [7, 11) is 0. The molecule has 2 N–H and O–H groups in total. The van der Waals surface area contributed by atoms with Crippen molar-refractivity contribution in [2.24, 2.45) is 0 Å². The van der Waals surface area contributed by atoms with Gasteiger partial charge in [-0.05, 0) is 61.2 Å². The molecule has 1 fully saturated rings. The number of carbonyl (C=O) groups excluding carboxylic acids is 1. The highest BCUT2D eigenvalue weighted by atomic mass is 19.3. The number of benzene rings is 2. The highest BCUT2D eigenvalue weighted by Gasteiger charge is 2.52. The van der Waals surface area contributed by atoms with Crippen molar-refractivity contribution in [3.8, 4) is 28.5 Å². The van der Waals surface area contributed by atoms with Crippen molar-refractivity contribution >= 4 is 5.78 Å². The first-order valence-corrected chi connectivity index (χ1v) is 11.6. The van der Waals surface area contributed by atoms with Crippen molar-refractivity contribution in [1.82, 2.24) is 4.98 Å². The summed E-state index contributed by atoms with van der Waals surface area (Å²) in [5, 5.41) is 18.5. The smallest absolute Gasteiger partial charge is 0.491 e. The third-order valence-corrected chi connectivity index (χ3v) is 6.49. The molecule has 2 aliphatic rings. The molecule has 36 heavy (non-hydrogen) atoms. The zero-order valence-corrected chi connectivity index (χ0v) is 19.5. The number of Topliss-reactive ketones (excluding diaryl/α,β-unsaturated/α-hetero) is 1. The summed E-state index contributed by atoms with van der Waals surface area (Å²) in [6.45, 7) is 1.49. The third kappa shape index (κ3) is 4.76. The number of rotatable bonds is 9. The predicted molar refractivity (Wildman–Crippen MR) is 125 cm³/mol. The topological polar surface area (TPSA) is 98.1 Å². The summed E-state index contributed by atoms with van der Waals surface area (Å²) in [4.78, 5) is 18.1. The molecule has 0 saturated heterocycles. The summed E-state index contributed by atoms with van der Waals surface area (Å²) in [6.07, 6.45) is -3.33. The Balaban J connectivity index is 1.34. The zero-order chi connectivity index (χ0) is 25.5. The van der Waals surface area contributed by atoms with E-state index in [9.17, 15) is 18.7 Å². The van der Waals surface area contributed by atoms with Crippen LogP contribution in [0.15, 0.2) is 54.6 Å². The minimum atomic E-state index is -3.70. The second kappa shape index (κ2) is 9.15. The number of ketones is 1. The number of fused-ring (bicyclic) bond motifs is 1. The van der Waals surface area contributed by atoms with Crippen molar-refractivity contribution in [1.29, 1.82) is 0 Å². The molecule has 1 saturated carbocycles. The van der Waals surface area contributed by atoms with E-state index in [2.05, 4.69) is 9.47 Å². The van der Waals surface area contributed by atoms with Crippen LogP contribution in [0, 0.1) is 6.92 Å². The number of halogens is 2. The Labute approximate surface area is 206 Å². The Morgan fingerprint density at radius 2 is 1.89 bits per heavy atom. The number of aromatic nitrogens is 1. The largest absolute Gasteiger partial charge is 0.586 e. The van der Waals surface area contributed by atoms with Crippen molar-refractivity contribution in [3.63, 3.8) is 0 Å². The molecule has 9 heteroatoms. The fourth-order valence-electron chi connectivity index (χ4n) is 4.37. The summed E-state index contributed by atoms with van der Waals surface area (Å²) in [5.41, 5.74) is 2.89. The van der Waals surface area contributed by atoms with Gasteiger partial charge in [-0.1, -0.05) is 24.3 Å². The first-order valence-electron chi connectivity index (χ1n) is 11.6. The summed E-state index contributed by atoms with van der Waals surface area (Å²) >= 11 is 0. The number of alkyl halides is 2. The lowest BCUT2D eigenvalue weighted by Gasteiger charge is -2.16. The van der Waals surface area contributed by atoms with E-state index in [1.807, 2.05) is 25.1 Å². The monoisotopic (exact) mass is 497 g/mol. The molecular weight excluding hydrogens is 472 g/mol. The van der Waals surface area contributed by atoms with Gasteiger partial charge in [-0.25, -0.2) is 0 Å². The number of carbonyl (C=O) groups is 1. The molecule has 3 aromatic rings. The molecule has 1 atom stereocenters. The molecule has 0 bridgehead atoms. The first kappa shape index (κ1) is 24.1. The molecule has 188 valence electrons. The molecule has 0 radical (unpaired) electrons. The van der Waals surface area contributed by atoms with Gasteiger partial charge in [0.2, 0.25) is 0 Å². The molecule has 5 rings (SSSR count). The molecule has 0 unspecified atom stereocenters. The van der Waals surface area contributed by atoms with Gasteiger partial charge in [0.05, 0.1) is 17.7 Å². The van der Waals surface area contributed by atoms with Crippen molar-refractivity contribution in [3.05, 3.63) is 71.4 Å². The molecule has 1 aliphatic carbocycles. The van der Waals surface area contributed by atoms with E-state index in [1.54, 1.807) is 24.3 Å². The Hall–Kier alpha value is -3.56. The van der Waals surface area contributed by atoms with Gasteiger partial charge < -0.3 is 24.4 Å². The normalized spacial score (nSPS) is 17.5. The van der Waals surface area contributed by atoms with E-state index >= 15 is 0 Å². The van der Waals surface area contributed by atoms with Crippen LogP contribution >= 0.6 is 0 Å². The van der Waals surface area contributed by atoms with Gasteiger partial charge >= 0.3 is 6.29 Å². The fraction of sp³-hybridized carbons (Fsp3) is 0.333. The zero-order valence-electron chi connectivity index (χ0n) is 19.5. The number of hydrogen-bond donors (Lipinski definition) is 2. The summed E-state index contributed by atoms with van der Waals surface area (Å²) in [6, 6.07) is 15.4. The maximum Gasteiger partial charge on any atom is 0.586 e. The first-order chi connectivity index (χ1) is 17.2. The van der Waals surface area contributed by atoms with Gasteiger partial charge in [-0.15, -0.1) is 8.78 Å². The molecule has 7 nitrogen and oxygen atoms in total. The molecular formula is C27H25F2NO6. The van der Waals surface area contributed by atoms with Crippen LogP contribution in [0.25, 0.3) is 11.3 Å². The highest BCUT2D eigenvalue weighted by molar-refractivity contribution is 5.94. The summed E-state index contributed by atoms with van der Waals surface area (Å²) in [5.74, 6) is 0.369. The van der Waals surface area contributed by atoms with E-state index in [4.69, 9.17) is 14.8 Å². The van der Waals surface area contributed by atoms with Crippen LogP contribution in [0.4, 0.5) is 8.78 Å². The molecule has 0 amide bonds. The maximum atomic E-state index is 13.4. The number of nitrogens with zero attached hydrogens (tertiary/aromatic N) is 1. The standard InChI is InChI=1S/C27H25F2NO6/c1-16-5-7-19(30-25(16)17-3-2-4-21(11-17)34-15-20(32)14-31)13-24(33)26(9-10-26)18-6-8-22-23(12-18)36-27(28,29)35-22/h2-8,11-12,20,31-32H,9-10,13-15H2,1H3/t20-/m0/s1. The minimum Gasteiger partial charge on any atom is -0.491 e. The van der Waals surface area contributed by atoms with E-state index in [0.717, 1.165) is 11.1 Å². The van der Waals surface area contributed by atoms with Crippen LogP contribution in [0.5, 0.6) is 17.2 Å².